The number of ether oxygens (including phenoxy) is 1. The Hall–Kier alpha value is -1.67. The molecule has 2 aromatic carbocycles. The zero-order valence-corrected chi connectivity index (χ0v) is 10.0. The molecule has 0 aromatic heterocycles. The molecule has 0 saturated heterocycles. The highest BCUT2D eigenvalue weighted by Gasteiger charge is 2.04. The predicted octanol–water partition coefficient (Wildman–Crippen LogP) is 3.71. The Morgan fingerprint density at radius 1 is 1.06 bits per heavy atom. The first-order valence-corrected chi connectivity index (χ1v) is 5.87. The van der Waals surface area contributed by atoms with Crippen molar-refractivity contribution in [2.75, 3.05) is 0 Å². The molecule has 2 nitrogen and oxygen atoms in total. The van der Waals surface area contributed by atoms with Crippen molar-refractivity contribution in [1.29, 1.82) is 0 Å². The van der Waals surface area contributed by atoms with Crippen LogP contribution < -0.4 is 4.74 Å². The van der Waals surface area contributed by atoms with E-state index >= 15 is 0 Å². The van der Waals surface area contributed by atoms with Gasteiger partial charge < -0.3 is 9.84 Å². The van der Waals surface area contributed by atoms with Gasteiger partial charge in [0.15, 0.2) is 0 Å². The van der Waals surface area contributed by atoms with Gasteiger partial charge in [-0.1, -0.05) is 36.4 Å². The first-order chi connectivity index (χ1) is 8.29. The minimum Gasteiger partial charge on any atom is -0.508 e. The maximum absolute atomic E-state index is 9.41. The minimum absolute atomic E-state index is 0.182. The Morgan fingerprint density at radius 3 is 2.53 bits per heavy atom. The largest absolute Gasteiger partial charge is 0.508 e. The molecule has 0 spiro atoms. The van der Waals surface area contributed by atoms with Crippen molar-refractivity contribution >= 4 is 11.6 Å². The van der Waals surface area contributed by atoms with Gasteiger partial charge in [0.25, 0.3) is 0 Å². The quantitative estimate of drug-likeness (QED) is 0.836. The maximum Gasteiger partial charge on any atom is 0.127 e. The van der Waals surface area contributed by atoms with Gasteiger partial charge in [0, 0.05) is 11.6 Å². The van der Waals surface area contributed by atoms with E-state index < -0.39 is 0 Å². The van der Waals surface area contributed by atoms with Crippen LogP contribution in [-0.4, -0.2) is 5.11 Å². The Morgan fingerprint density at radius 2 is 1.82 bits per heavy atom. The van der Waals surface area contributed by atoms with Gasteiger partial charge in [0.05, 0.1) is 5.88 Å². The van der Waals surface area contributed by atoms with Crippen LogP contribution in [0.5, 0.6) is 11.5 Å². The van der Waals surface area contributed by atoms with Crippen LogP contribution in [0.25, 0.3) is 0 Å². The summed E-state index contributed by atoms with van der Waals surface area (Å²) >= 11 is 5.80. The van der Waals surface area contributed by atoms with Gasteiger partial charge >= 0.3 is 0 Å². The average Bonchev–Trinajstić information content (AvgIpc) is 2.38. The Kier molecular flexibility index (Phi) is 3.89. The highest BCUT2D eigenvalue weighted by Crippen LogP contribution is 2.26. The molecule has 0 unspecified atom stereocenters. The molecule has 88 valence electrons. The molecule has 0 aliphatic rings. The summed E-state index contributed by atoms with van der Waals surface area (Å²) in [6, 6.07) is 14.8. The molecular formula is C14H13ClO2. The van der Waals surface area contributed by atoms with Gasteiger partial charge in [-0.2, -0.15) is 0 Å². The number of hydrogen-bond donors (Lipinski definition) is 1. The van der Waals surface area contributed by atoms with Gasteiger partial charge in [0.2, 0.25) is 0 Å². The molecule has 1 N–H and O–H groups in total. The van der Waals surface area contributed by atoms with Crippen molar-refractivity contribution in [2.24, 2.45) is 0 Å². The van der Waals surface area contributed by atoms with Gasteiger partial charge in [-0.3, -0.25) is 0 Å². The van der Waals surface area contributed by atoms with E-state index in [1.54, 1.807) is 18.2 Å². The third-order valence-corrected chi connectivity index (χ3v) is 2.72. The van der Waals surface area contributed by atoms with E-state index in [1.807, 2.05) is 30.3 Å². The van der Waals surface area contributed by atoms with E-state index in [0.717, 1.165) is 11.1 Å². The van der Waals surface area contributed by atoms with Crippen molar-refractivity contribution in [1.82, 2.24) is 0 Å². The Labute approximate surface area is 105 Å². The zero-order chi connectivity index (χ0) is 12.1. The third kappa shape index (κ3) is 3.14. The van der Waals surface area contributed by atoms with E-state index in [0.29, 0.717) is 18.2 Å². The number of benzene rings is 2. The highest BCUT2D eigenvalue weighted by molar-refractivity contribution is 6.17. The minimum atomic E-state index is 0.182. The van der Waals surface area contributed by atoms with E-state index in [1.165, 1.54) is 0 Å². The lowest BCUT2D eigenvalue weighted by molar-refractivity contribution is 0.302. The molecule has 0 saturated carbocycles. The molecular weight excluding hydrogens is 236 g/mol. The van der Waals surface area contributed by atoms with E-state index in [9.17, 15) is 5.11 Å². The second-order valence-electron chi connectivity index (χ2n) is 3.70. The first kappa shape index (κ1) is 11.8. The Bertz CT molecular complexity index is 483. The van der Waals surface area contributed by atoms with Crippen LogP contribution in [0.2, 0.25) is 0 Å². The van der Waals surface area contributed by atoms with Crippen molar-refractivity contribution < 1.29 is 9.84 Å². The number of halogens is 1. The SMILES string of the molecule is Oc1ccc(CCl)c(OCc2ccccc2)c1. The number of alkyl halides is 1. The molecule has 2 rings (SSSR count). The number of hydrogen-bond acceptors (Lipinski definition) is 2. The third-order valence-electron chi connectivity index (χ3n) is 2.43. The molecule has 2 aromatic rings. The van der Waals surface area contributed by atoms with Crippen molar-refractivity contribution in [2.45, 2.75) is 12.5 Å². The fourth-order valence-corrected chi connectivity index (χ4v) is 1.74. The average molecular weight is 249 g/mol. The standard InChI is InChI=1S/C14H13ClO2/c15-9-12-6-7-13(16)8-14(12)17-10-11-4-2-1-3-5-11/h1-8,16H,9-10H2. The van der Waals surface area contributed by atoms with Gasteiger partial charge in [0.1, 0.15) is 18.1 Å². The molecule has 17 heavy (non-hydrogen) atoms. The van der Waals surface area contributed by atoms with Crippen LogP contribution in [0, 0.1) is 0 Å². The maximum atomic E-state index is 9.41. The van der Waals surface area contributed by atoms with E-state index in [4.69, 9.17) is 16.3 Å². The van der Waals surface area contributed by atoms with Crippen LogP contribution in [-0.2, 0) is 12.5 Å². The molecule has 0 fully saturated rings. The summed E-state index contributed by atoms with van der Waals surface area (Å²) in [5.74, 6) is 1.18. The second-order valence-corrected chi connectivity index (χ2v) is 3.97. The monoisotopic (exact) mass is 248 g/mol. The van der Waals surface area contributed by atoms with E-state index in [-0.39, 0.29) is 5.75 Å². The fraction of sp³-hybridized carbons (Fsp3) is 0.143. The van der Waals surface area contributed by atoms with Crippen molar-refractivity contribution in [3.63, 3.8) is 0 Å². The summed E-state index contributed by atoms with van der Waals surface area (Å²) in [5.41, 5.74) is 1.96. The number of phenolic OH excluding ortho intramolecular Hbond substituents is 1. The normalized spacial score (nSPS) is 10.2. The van der Waals surface area contributed by atoms with Crippen molar-refractivity contribution in [3.8, 4) is 11.5 Å². The van der Waals surface area contributed by atoms with Gasteiger partial charge in [-0.05, 0) is 11.6 Å². The summed E-state index contributed by atoms with van der Waals surface area (Å²) in [4.78, 5) is 0. The molecule has 0 amide bonds. The van der Waals surface area contributed by atoms with Crippen LogP contribution in [0.1, 0.15) is 11.1 Å². The van der Waals surface area contributed by atoms with Gasteiger partial charge in [-0.25, -0.2) is 0 Å². The smallest absolute Gasteiger partial charge is 0.127 e. The summed E-state index contributed by atoms with van der Waals surface area (Å²) in [5, 5.41) is 9.41. The number of aromatic hydroxyl groups is 1. The van der Waals surface area contributed by atoms with Crippen LogP contribution in [0.3, 0.4) is 0 Å². The molecule has 0 bridgehead atoms. The molecule has 0 atom stereocenters. The topological polar surface area (TPSA) is 29.5 Å². The summed E-state index contributed by atoms with van der Waals surface area (Å²) < 4.78 is 5.65. The summed E-state index contributed by atoms with van der Waals surface area (Å²) in [6.45, 7) is 0.466. The number of phenols is 1. The second kappa shape index (κ2) is 5.60. The van der Waals surface area contributed by atoms with Gasteiger partial charge in [-0.15, -0.1) is 11.6 Å². The molecule has 0 heterocycles. The Balaban J connectivity index is 2.11. The zero-order valence-electron chi connectivity index (χ0n) is 9.27. The number of rotatable bonds is 4. The van der Waals surface area contributed by atoms with Crippen LogP contribution in [0.15, 0.2) is 48.5 Å². The van der Waals surface area contributed by atoms with Crippen LogP contribution in [0.4, 0.5) is 0 Å². The van der Waals surface area contributed by atoms with E-state index in [2.05, 4.69) is 0 Å². The first-order valence-electron chi connectivity index (χ1n) is 5.34. The lowest BCUT2D eigenvalue weighted by Crippen LogP contribution is -1.97. The molecule has 3 heteroatoms. The lowest BCUT2D eigenvalue weighted by Gasteiger charge is -2.10. The molecule has 0 aliphatic carbocycles. The lowest BCUT2D eigenvalue weighted by atomic mass is 10.2. The highest BCUT2D eigenvalue weighted by atomic mass is 35.5. The summed E-state index contributed by atoms with van der Waals surface area (Å²) in [6.07, 6.45) is 0. The molecule has 0 aliphatic heterocycles. The molecule has 0 radical (unpaired) electrons. The summed E-state index contributed by atoms with van der Waals surface area (Å²) in [7, 11) is 0. The fourth-order valence-electron chi connectivity index (χ4n) is 1.52. The predicted molar refractivity (Wildman–Crippen MR) is 68.4 cm³/mol. The van der Waals surface area contributed by atoms with Crippen LogP contribution >= 0.6 is 11.6 Å². The van der Waals surface area contributed by atoms with Crippen molar-refractivity contribution in [3.05, 3.63) is 59.7 Å².